The highest BCUT2D eigenvalue weighted by atomic mass is 16.3. The highest BCUT2D eigenvalue weighted by molar-refractivity contribution is 5.09. The lowest BCUT2D eigenvalue weighted by atomic mass is 9.52. The van der Waals surface area contributed by atoms with E-state index in [1.54, 1.807) is 0 Å². The monoisotopic (exact) mass is 275 g/mol. The molecule has 0 heterocycles. The number of fused-ring (bicyclic) bond motifs is 3. The second kappa shape index (κ2) is 5.02. The fourth-order valence-corrected chi connectivity index (χ4v) is 6.02. The molecule has 20 heavy (non-hydrogen) atoms. The summed E-state index contributed by atoms with van der Waals surface area (Å²) >= 11 is 0. The van der Waals surface area contributed by atoms with E-state index in [1.807, 2.05) is 0 Å². The van der Waals surface area contributed by atoms with Gasteiger partial charge in [-0.25, -0.2) is 0 Å². The van der Waals surface area contributed by atoms with Crippen molar-refractivity contribution in [3.63, 3.8) is 0 Å². The van der Waals surface area contributed by atoms with Crippen molar-refractivity contribution in [3.8, 4) is 6.07 Å². The molecule has 3 aliphatic carbocycles. The zero-order chi connectivity index (χ0) is 14.4. The summed E-state index contributed by atoms with van der Waals surface area (Å²) in [5.74, 6) is 2.82. The van der Waals surface area contributed by atoms with Gasteiger partial charge in [0.05, 0.1) is 12.0 Å². The molecule has 0 saturated heterocycles. The molecule has 2 nitrogen and oxygen atoms in total. The van der Waals surface area contributed by atoms with Gasteiger partial charge < -0.3 is 5.11 Å². The van der Waals surface area contributed by atoms with Gasteiger partial charge in [0, 0.05) is 6.61 Å². The zero-order valence-electron chi connectivity index (χ0n) is 13.1. The number of rotatable bonds is 2. The van der Waals surface area contributed by atoms with Crippen LogP contribution in [0.2, 0.25) is 0 Å². The Balaban J connectivity index is 1.76. The predicted molar refractivity (Wildman–Crippen MR) is 79.8 cm³/mol. The molecule has 6 atom stereocenters. The molecule has 2 heteroatoms. The minimum atomic E-state index is 0.305. The van der Waals surface area contributed by atoms with E-state index in [0.29, 0.717) is 23.4 Å². The van der Waals surface area contributed by atoms with E-state index in [-0.39, 0.29) is 0 Å². The van der Waals surface area contributed by atoms with E-state index in [4.69, 9.17) is 0 Å². The maximum absolute atomic E-state index is 9.44. The molecule has 3 rings (SSSR count). The maximum atomic E-state index is 9.44. The van der Waals surface area contributed by atoms with Crippen molar-refractivity contribution in [1.29, 1.82) is 5.26 Å². The molecule has 0 aromatic rings. The van der Waals surface area contributed by atoms with Crippen molar-refractivity contribution in [2.75, 3.05) is 6.61 Å². The van der Waals surface area contributed by atoms with Crippen LogP contribution in [-0.4, -0.2) is 11.7 Å². The van der Waals surface area contributed by atoms with E-state index in [2.05, 4.69) is 19.9 Å². The van der Waals surface area contributed by atoms with E-state index in [9.17, 15) is 10.4 Å². The van der Waals surface area contributed by atoms with E-state index in [1.165, 1.54) is 38.5 Å². The Morgan fingerprint density at radius 2 is 1.95 bits per heavy atom. The highest BCUT2D eigenvalue weighted by Crippen LogP contribution is 2.63. The van der Waals surface area contributed by atoms with Gasteiger partial charge in [0.15, 0.2) is 0 Å². The molecule has 0 aliphatic heterocycles. The standard InChI is InChI=1S/C18H29NO/c1-17(9-10-20)7-6-15-13(11-17)5-8-18(2)14(12-19)3-4-16(15)18/h13-16,20H,3-11H2,1-2H3/t13?,14-,15?,16?,17+,18-/m1/s1. The van der Waals surface area contributed by atoms with Crippen LogP contribution in [0.25, 0.3) is 0 Å². The number of nitriles is 1. The van der Waals surface area contributed by atoms with Gasteiger partial charge >= 0.3 is 0 Å². The van der Waals surface area contributed by atoms with Crippen molar-refractivity contribution in [1.82, 2.24) is 0 Å². The topological polar surface area (TPSA) is 44.0 Å². The molecule has 0 amide bonds. The van der Waals surface area contributed by atoms with Crippen LogP contribution in [0.1, 0.15) is 65.2 Å². The molecule has 112 valence electrons. The normalized spacial score (nSPS) is 51.1. The third-order valence-corrected chi connectivity index (χ3v) is 7.29. The Morgan fingerprint density at radius 1 is 1.15 bits per heavy atom. The highest BCUT2D eigenvalue weighted by Gasteiger charge is 2.55. The fraction of sp³-hybridized carbons (Fsp3) is 0.944. The van der Waals surface area contributed by atoms with Crippen LogP contribution in [0.5, 0.6) is 0 Å². The van der Waals surface area contributed by atoms with Crippen LogP contribution in [0.3, 0.4) is 0 Å². The molecule has 0 aromatic carbocycles. The summed E-state index contributed by atoms with van der Waals surface area (Å²) in [4.78, 5) is 0. The molecule has 0 spiro atoms. The van der Waals surface area contributed by atoms with Gasteiger partial charge in [-0.3, -0.25) is 0 Å². The van der Waals surface area contributed by atoms with Crippen LogP contribution in [0.15, 0.2) is 0 Å². The molecule has 0 bridgehead atoms. The smallest absolute Gasteiger partial charge is 0.0661 e. The first-order valence-electron chi connectivity index (χ1n) is 8.53. The zero-order valence-corrected chi connectivity index (χ0v) is 13.1. The number of aliphatic hydroxyl groups is 1. The Bertz CT molecular complexity index is 414. The van der Waals surface area contributed by atoms with Gasteiger partial charge in [-0.05, 0) is 80.0 Å². The van der Waals surface area contributed by atoms with Crippen LogP contribution in [0, 0.1) is 45.8 Å². The molecular weight excluding hydrogens is 246 g/mol. The van der Waals surface area contributed by atoms with Gasteiger partial charge in [-0.15, -0.1) is 0 Å². The molecule has 3 fully saturated rings. The lowest BCUT2D eigenvalue weighted by molar-refractivity contribution is -0.0371. The second-order valence-corrected chi connectivity index (χ2v) is 8.36. The molecule has 3 saturated carbocycles. The van der Waals surface area contributed by atoms with Crippen LogP contribution in [-0.2, 0) is 0 Å². The Morgan fingerprint density at radius 3 is 2.65 bits per heavy atom. The molecule has 1 N–H and O–H groups in total. The lowest BCUT2D eigenvalue weighted by Crippen LogP contribution is -2.45. The summed E-state index contributed by atoms with van der Waals surface area (Å²) in [6.07, 6.45) is 9.88. The summed E-state index contributed by atoms with van der Waals surface area (Å²) < 4.78 is 0. The van der Waals surface area contributed by atoms with Gasteiger partial charge in [0.2, 0.25) is 0 Å². The summed E-state index contributed by atoms with van der Waals surface area (Å²) in [5, 5.41) is 18.7. The number of aliphatic hydroxyl groups excluding tert-OH is 1. The largest absolute Gasteiger partial charge is 0.396 e. The third-order valence-electron chi connectivity index (χ3n) is 7.29. The Hall–Kier alpha value is -0.550. The third kappa shape index (κ3) is 2.10. The minimum absolute atomic E-state index is 0.305. The number of hydrogen-bond acceptors (Lipinski definition) is 2. The maximum Gasteiger partial charge on any atom is 0.0661 e. The molecule has 3 aliphatic rings. The fourth-order valence-electron chi connectivity index (χ4n) is 6.02. The SMILES string of the molecule is C[C@@]1(CCO)CCC2C(CC[C@@]3(C)C2CC[C@@H]3C#N)C1. The first kappa shape index (κ1) is 14.4. The van der Waals surface area contributed by atoms with Gasteiger partial charge in [0.25, 0.3) is 0 Å². The van der Waals surface area contributed by atoms with Crippen molar-refractivity contribution in [2.45, 2.75) is 65.2 Å². The number of nitrogens with zero attached hydrogens (tertiary/aromatic N) is 1. The summed E-state index contributed by atoms with van der Waals surface area (Å²) in [5.41, 5.74) is 0.678. The number of hydrogen-bond donors (Lipinski definition) is 1. The van der Waals surface area contributed by atoms with Gasteiger partial charge in [-0.1, -0.05) is 13.8 Å². The second-order valence-electron chi connectivity index (χ2n) is 8.36. The lowest BCUT2D eigenvalue weighted by Gasteiger charge is -2.53. The molecule has 0 aromatic heterocycles. The molecular formula is C18H29NO. The van der Waals surface area contributed by atoms with E-state index < -0.39 is 0 Å². The van der Waals surface area contributed by atoms with Crippen molar-refractivity contribution in [2.24, 2.45) is 34.5 Å². The van der Waals surface area contributed by atoms with Crippen molar-refractivity contribution >= 4 is 0 Å². The summed E-state index contributed by atoms with van der Waals surface area (Å²) in [6.45, 7) is 5.11. The van der Waals surface area contributed by atoms with Crippen LogP contribution < -0.4 is 0 Å². The summed E-state index contributed by atoms with van der Waals surface area (Å²) in [6, 6.07) is 2.60. The predicted octanol–water partition coefficient (Wildman–Crippen LogP) is 4.14. The first-order chi connectivity index (χ1) is 9.52. The van der Waals surface area contributed by atoms with E-state index >= 15 is 0 Å². The van der Waals surface area contributed by atoms with Gasteiger partial charge in [0.1, 0.15) is 0 Å². The molecule has 0 radical (unpaired) electrons. The van der Waals surface area contributed by atoms with E-state index in [0.717, 1.165) is 30.6 Å². The Kier molecular flexibility index (Phi) is 3.61. The van der Waals surface area contributed by atoms with Crippen LogP contribution >= 0.6 is 0 Å². The van der Waals surface area contributed by atoms with Crippen molar-refractivity contribution in [3.05, 3.63) is 0 Å². The van der Waals surface area contributed by atoms with Gasteiger partial charge in [-0.2, -0.15) is 5.26 Å². The Labute approximate surface area is 123 Å². The first-order valence-corrected chi connectivity index (χ1v) is 8.53. The average molecular weight is 275 g/mol. The molecule has 3 unspecified atom stereocenters. The quantitative estimate of drug-likeness (QED) is 0.823. The minimum Gasteiger partial charge on any atom is -0.396 e. The van der Waals surface area contributed by atoms with Crippen molar-refractivity contribution < 1.29 is 5.11 Å². The van der Waals surface area contributed by atoms with Crippen LogP contribution in [0.4, 0.5) is 0 Å². The average Bonchev–Trinajstić information content (AvgIpc) is 2.75. The summed E-state index contributed by atoms with van der Waals surface area (Å²) in [7, 11) is 0.